The molecule has 1 amide bonds. The van der Waals surface area contributed by atoms with Crippen molar-refractivity contribution >= 4 is 28.0 Å². The monoisotopic (exact) mass is 415 g/mol. The van der Waals surface area contributed by atoms with Crippen molar-refractivity contribution in [2.45, 2.75) is 45.8 Å². The van der Waals surface area contributed by atoms with Gasteiger partial charge in [-0.3, -0.25) is 4.90 Å². The van der Waals surface area contributed by atoms with E-state index in [-0.39, 0.29) is 13.3 Å². The van der Waals surface area contributed by atoms with Gasteiger partial charge in [0, 0.05) is 18.0 Å². The van der Waals surface area contributed by atoms with Crippen molar-refractivity contribution in [3.05, 3.63) is 34.3 Å². The van der Waals surface area contributed by atoms with Crippen LogP contribution in [0.2, 0.25) is 0 Å². The molecule has 0 spiro atoms. The molecule has 0 saturated heterocycles. The molecule has 140 valence electrons. The zero-order valence-corrected chi connectivity index (χ0v) is 17.0. The fraction of sp³-hybridized carbons (Fsp3) is 0.556. The van der Waals surface area contributed by atoms with E-state index in [4.69, 9.17) is 14.2 Å². The molecule has 6 nitrogen and oxygen atoms in total. The molecule has 0 N–H and O–H groups in total. The highest BCUT2D eigenvalue weighted by molar-refractivity contribution is 9.10. The van der Waals surface area contributed by atoms with Crippen LogP contribution in [-0.4, -0.2) is 49.1 Å². The Labute approximate surface area is 157 Å². The predicted octanol–water partition coefficient (Wildman–Crippen LogP) is 3.76. The summed E-state index contributed by atoms with van der Waals surface area (Å²) in [6.07, 6.45) is -0.321. The maximum Gasteiger partial charge on any atom is 0.412 e. The fourth-order valence-corrected chi connectivity index (χ4v) is 2.40. The number of rotatable bonds is 7. The Morgan fingerprint density at radius 3 is 2.28 bits per heavy atom. The molecule has 1 rings (SSSR count). The maximum absolute atomic E-state index is 12.6. The van der Waals surface area contributed by atoms with E-state index < -0.39 is 23.7 Å². The third-order valence-electron chi connectivity index (χ3n) is 3.17. The lowest BCUT2D eigenvalue weighted by Gasteiger charge is -2.31. The molecule has 0 radical (unpaired) electrons. The van der Waals surface area contributed by atoms with E-state index in [1.807, 2.05) is 24.3 Å². The molecular formula is C18H26BrNO5. The average Bonchev–Trinajstić information content (AvgIpc) is 2.51. The zero-order chi connectivity index (χ0) is 19.0. The first-order valence-corrected chi connectivity index (χ1v) is 8.87. The van der Waals surface area contributed by atoms with Crippen molar-refractivity contribution in [3.8, 4) is 0 Å². The van der Waals surface area contributed by atoms with Crippen molar-refractivity contribution in [1.82, 2.24) is 4.90 Å². The lowest BCUT2D eigenvalue weighted by atomic mass is 10.1. The van der Waals surface area contributed by atoms with Crippen LogP contribution in [0, 0.1) is 0 Å². The first-order valence-electron chi connectivity index (χ1n) is 8.07. The molecule has 0 aromatic heterocycles. The Balaban J connectivity index is 3.09. The van der Waals surface area contributed by atoms with E-state index >= 15 is 0 Å². The Morgan fingerprint density at radius 1 is 1.20 bits per heavy atom. The Hall–Kier alpha value is -1.60. The molecule has 25 heavy (non-hydrogen) atoms. The van der Waals surface area contributed by atoms with Crippen molar-refractivity contribution in [3.63, 3.8) is 0 Å². The highest BCUT2D eigenvalue weighted by Gasteiger charge is 2.34. The van der Waals surface area contributed by atoms with Gasteiger partial charge in [0.15, 0.2) is 0 Å². The molecule has 0 heterocycles. The van der Waals surface area contributed by atoms with Gasteiger partial charge in [-0.25, -0.2) is 9.59 Å². The summed E-state index contributed by atoms with van der Waals surface area (Å²) in [6.45, 7) is 7.18. The number of hydrogen-bond donors (Lipinski definition) is 0. The van der Waals surface area contributed by atoms with Crippen molar-refractivity contribution < 1.29 is 23.8 Å². The normalized spacial score (nSPS) is 12.4. The second-order valence-corrected chi connectivity index (χ2v) is 7.38. The van der Waals surface area contributed by atoms with Gasteiger partial charge in [-0.15, -0.1) is 0 Å². The quantitative estimate of drug-likeness (QED) is 0.500. The summed E-state index contributed by atoms with van der Waals surface area (Å²) >= 11 is 3.38. The number of ether oxygens (including phenoxy) is 3. The minimum atomic E-state index is -0.837. The van der Waals surface area contributed by atoms with Gasteiger partial charge in [-0.2, -0.15) is 0 Å². The van der Waals surface area contributed by atoms with Crippen LogP contribution in [0.3, 0.4) is 0 Å². The highest BCUT2D eigenvalue weighted by atomic mass is 79.9. The molecular weight excluding hydrogens is 390 g/mol. The van der Waals surface area contributed by atoms with Gasteiger partial charge >= 0.3 is 12.1 Å². The first kappa shape index (κ1) is 21.4. The van der Waals surface area contributed by atoms with E-state index in [1.54, 1.807) is 27.7 Å². The molecule has 1 atom stereocenters. The smallest absolute Gasteiger partial charge is 0.412 e. The minimum absolute atomic E-state index is 0.0745. The van der Waals surface area contributed by atoms with Gasteiger partial charge in [0.1, 0.15) is 18.4 Å². The average molecular weight is 416 g/mol. The minimum Gasteiger partial charge on any atom is -0.464 e. The molecule has 0 bridgehead atoms. The van der Waals surface area contributed by atoms with Crippen molar-refractivity contribution in [2.24, 2.45) is 0 Å². The van der Waals surface area contributed by atoms with Crippen LogP contribution in [0.5, 0.6) is 0 Å². The topological polar surface area (TPSA) is 65.1 Å². The number of amides is 1. The summed E-state index contributed by atoms with van der Waals surface area (Å²) < 4.78 is 16.6. The van der Waals surface area contributed by atoms with E-state index in [1.165, 1.54) is 12.0 Å². The Kier molecular flexibility index (Phi) is 8.38. The van der Waals surface area contributed by atoms with Gasteiger partial charge in [-0.1, -0.05) is 28.1 Å². The summed E-state index contributed by atoms with van der Waals surface area (Å²) in [5.74, 6) is -0.492. The van der Waals surface area contributed by atoms with Gasteiger partial charge in [0.25, 0.3) is 0 Å². The van der Waals surface area contributed by atoms with Crippen LogP contribution in [0.15, 0.2) is 28.7 Å². The van der Waals surface area contributed by atoms with E-state index in [2.05, 4.69) is 15.9 Å². The number of methoxy groups -OCH3 is 1. The molecule has 1 aromatic carbocycles. The SMILES string of the molecule is CCOC(=O)[C@H](Cc1ccc(Br)cc1)N(COC)C(=O)OC(C)(C)C. The summed E-state index contributed by atoms with van der Waals surface area (Å²) in [6, 6.07) is 6.69. The van der Waals surface area contributed by atoms with Crippen LogP contribution in [0.4, 0.5) is 4.79 Å². The number of carbonyl (C=O) groups is 2. The third kappa shape index (κ3) is 7.44. The molecule has 0 unspecified atom stereocenters. The standard InChI is InChI=1S/C18H26BrNO5/c1-6-24-16(21)15(11-13-7-9-14(19)10-8-13)20(12-23-5)17(22)25-18(2,3)4/h7-10,15H,6,11-12H2,1-5H3/t15-/m0/s1. The van der Waals surface area contributed by atoms with E-state index in [0.29, 0.717) is 6.42 Å². The lowest BCUT2D eigenvalue weighted by Crippen LogP contribution is -2.49. The number of nitrogens with zero attached hydrogens (tertiary/aromatic N) is 1. The van der Waals surface area contributed by atoms with Crippen molar-refractivity contribution in [2.75, 3.05) is 20.4 Å². The molecule has 1 aromatic rings. The van der Waals surface area contributed by atoms with Crippen LogP contribution >= 0.6 is 15.9 Å². The number of esters is 1. The summed E-state index contributed by atoms with van der Waals surface area (Å²) in [5, 5.41) is 0. The van der Waals surface area contributed by atoms with Crippen LogP contribution < -0.4 is 0 Å². The summed E-state index contributed by atoms with van der Waals surface area (Å²) in [7, 11) is 1.46. The second kappa shape index (κ2) is 9.77. The largest absolute Gasteiger partial charge is 0.464 e. The van der Waals surface area contributed by atoms with Gasteiger partial charge in [0.2, 0.25) is 0 Å². The lowest BCUT2D eigenvalue weighted by molar-refractivity contribution is -0.151. The van der Waals surface area contributed by atoms with Crippen LogP contribution in [-0.2, 0) is 25.4 Å². The van der Waals surface area contributed by atoms with Crippen molar-refractivity contribution in [1.29, 1.82) is 0 Å². The molecule has 0 aliphatic heterocycles. The van der Waals surface area contributed by atoms with Gasteiger partial charge < -0.3 is 14.2 Å². The number of halogens is 1. The molecule has 7 heteroatoms. The second-order valence-electron chi connectivity index (χ2n) is 6.47. The number of carbonyl (C=O) groups excluding carboxylic acids is 2. The first-order chi connectivity index (χ1) is 11.7. The molecule has 0 aliphatic carbocycles. The van der Waals surface area contributed by atoms with Crippen LogP contribution in [0.1, 0.15) is 33.3 Å². The van der Waals surface area contributed by atoms with Gasteiger partial charge in [0.05, 0.1) is 6.61 Å². The predicted molar refractivity (Wildman–Crippen MR) is 98.2 cm³/mol. The molecule has 0 saturated carbocycles. The summed E-state index contributed by atoms with van der Waals surface area (Å²) in [4.78, 5) is 26.3. The Morgan fingerprint density at radius 2 is 1.80 bits per heavy atom. The van der Waals surface area contributed by atoms with E-state index in [0.717, 1.165) is 10.0 Å². The molecule has 0 aliphatic rings. The molecule has 0 fully saturated rings. The zero-order valence-electron chi connectivity index (χ0n) is 15.4. The maximum atomic E-state index is 12.6. The van der Waals surface area contributed by atoms with Crippen LogP contribution in [0.25, 0.3) is 0 Å². The van der Waals surface area contributed by atoms with Gasteiger partial charge in [-0.05, 0) is 45.4 Å². The number of hydrogen-bond acceptors (Lipinski definition) is 5. The number of benzene rings is 1. The summed E-state index contributed by atoms with van der Waals surface area (Å²) in [5.41, 5.74) is 0.214. The Bertz CT molecular complexity index is 568. The fourth-order valence-electron chi connectivity index (χ4n) is 2.13. The third-order valence-corrected chi connectivity index (χ3v) is 3.70. The van der Waals surface area contributed by atoms with E-state index in [9.17, 15) is 9.59 Å². The highest BCUT2D eigenvalue weighted by Crippen LogP contribution is 2.18.